The van der Waals surface area contributed by atoms with Crippen LogP contribution in [0.15, 0.2) is 52.9 Å². The van der Waals surface area contributed by atoms with Gasteiger partial charge in [-0.1, -0.05) is 50.2 Å². The maximum Gasteiger partial charge on any atom is 0.416 e. The fourth-order valence-electron chi connectivity index (χ4n) is 4.88. The predicted molar refractivity (Wildman–Crippen MR) is 135 cm³/mol. The summed E-state index contributed by atoms with van der Waals surface area (Å²) >= 11 is 0. The lowest BCUT2D eigenvalue weighted by Gasteiger charge is -2.27. The van der Waals surface area contributed by atoms with Crippen LogP contribution in [0.2, 0.25) is 0 Å². The van der Waals surface area contributed by atoms with Gasteiger partial charge >= 0.3 is 6.18 Å². The zero-order valence-corrected chi connectivity index (χ0v) is 21.4. The highest BCUT2D eigenvalue weighted by Gasteiger charge is 2.32. The van der Waals surface area contributed by atoms with Crippen molar-refractivity contribution in [3.63, 3.8) is 0 Å². The van der Waals surface area contributed by atoms with Crippen molar-refractivity contribution in [3.8, 4) is 22.6 Å². The number of halogens is 3. The van der Waals surface area contributed by atoms with E-state index in [4.69, 9.17) is 9.40 Å². The van der Waals surface area contributed by atoms with Crippen molar-refractivity contribution in [1.29, 1.82) is 0 Å². The first-order valence-electron chi connectivity index (χ1n) is 12.8. The fraction of sp³-hybridized carbons (Fsp3) is 0.448. The maximum atomic E-state index is 13.1. The number of carbonyl (C=O) groups is 1. The zero-order chi connectivity index (χ0) is 26.7. The van der Waals surface area contributed by atoms with Crippen LogP contribution < -0.4 is 0 Å². The Bertz CT molecular complexity index is 1190. The van der Waals surface area contributed by atoms with E-state index in [2.05, 4.69) is 13.8 Å². The summed E-state index contributed by atoms with van der Waals surface area (Å²) in [4.78, 5) is 16.9. The van der Waals surface area contributed by atoms with E-state index in [1.165, 1.54) is 17.7 Å². The van der Waals surface area contributed by atoms with Gasteiger partial charge in [0, 0.05) is 30.0 Å². The predicted octanol–water partition coefficient (Wildman–Crippen LogP) is 8.05. The van der Waals surface area contributed by atoms with Crippen molar-refractivity contribution in [2.24, 2.45) is 5.92 Å². The highest BCUT2D eigenvalue weighted by molar-refractivity contribution is 5.77. The van der Waals surface area contributed by atoms with Crippen molar-refractivity contribution in [3.05, 3.63) is 65.5 Å². The van der Waals surface area contributed by atoms with Crippen molar-refractivity contribution >= 4 is 5.91 Å². The largest absolute Gasteiger partial charge is 0.440 e. The molecule has 0 radical (unpaired) electrons. The summed E-state index contributed by atoms with van der Waals surface area (Å²) in [6.45, 7) is 6.20. The number of alkyl halides is 3. The summed E-state index contributed by atoms with van der Waals surface area (Å²) in [6.07, 6.45) is -0.906. The number of amides is 1. The van der Waals surface area contributed by atoms with E-state index in [-0.39, 0.29) is 24.3 Å². The Morgan fingerprint density at radius 1 is 1.03 bits per heavy atom. The Morgan fingerprint density at radius 3 is 2.16 bits per heavy atom. The molecule has 1 saturated carbocycles. The molecule has 37 heavy (non-hydrogen) atoms. The number of rotatable bonds is 7. The standard InChI is InChI=1S/C29H33F3N2O3/c1-4-34(36)25(35)17-19-5-7-23(8-6-19)28-33-26(21-13-15-24(16-14-21)29(30,31)32)27(37-28)22-11-9-20(10-12-22)18(2)3/h9-16,18-19,23,36H,4-8,17H2,1-3H3. The molecule has 0 atom stereocenters. The first-order valence-corrected chi connectivity index (χ1v) is 12.8. The van der Waals surface area contributed by atoms with Crippen LogP contribution in [0.5, 0.6) is 0 Å². The second-order valence-corrected chi connectivity index (χ2v) is 10.1. The lowest BCUT2D eigenvalue weighted by molar-refractivity contribution is -0.165. The quantitative estimate of drug-likeness (QED) is 0.256. The number of carbonyl (C=O) groups excluding carboxylic acids is 1. The molecule has 1 aromatic heterocycles. The number of hydrogen-bond acceptors (Lipinski definition) is 4. The Morgan fingerprint density at radius 2 is 1.62 bits per heavy atom. The van der Waals surface area contributed by atoms with E-state index in [9.17, 15) is 23.2 Å². The molecule has 2 aromatic carbocycles. The molecule has 8 heteroatoms. The number of nitrogens with zero attached hydrogens (tertiary/aromatic N) is 2. The number of hydroxylamine groups is 2. The average molecular weight is 515 g/mol. The molecule has 1 aliphatic carbocycles. The van der Waals surface area contributed by atoms with E-state index in [0.29, 0.717) is 35.2 Å². The monoisotopic (exact) mass is 514 g/mol. The molecule has 0 aliphatic heterocycles. The Hall–Kier alpha value is -3.13. The molecule has 1 fully saturated rings. The topological polar surface area (TPSA) is 66.6 Å². The molecule has 5 nitrogen and oxygen atoms in total. The second kappa shape index (κ2) is 11.1. The van der Waals surface area contributed by atoms with Crippen LogP contribution in [0.3, 0.4) is 0 Å². The van der Waals surface area contributed by atoms with Crippen LogP contribution in [0.1, 0.15) is 81.7 Å². The fourth-order valence-corrected chi connectivity index (χ4v) is 4.88. The summed E-state index contributed by atoms with van der Waals surface area (Å²) in [6, 6.07) is 13.0. The third-order valence-electron chi connectivity index (χ3n) is 7.22. The van der Waals surface area contributed by atoms with Gasteiger partial charge in [-0.3, -0.25) is 10.0 Å². The Kier molecular flexibility index (Phi) is 8.07. The number of aromatic nitrogens is 1. The minimum atomic E-state index is -4.41. The molecule has 1 aliphatic rings. The molecule has 4 rings (SSSR count). The third-order valence-corrected chi connectivity index (χ3v) is 7.22. The van der Waals surface area contributed by atoms with Crippen molar-refractivity contribution < 1.29 is 27.6 Å². The van der Waals surface area contributed by atoms with Gasteiger partial charge in [0.2, 0.25) is 5.91 Å². The lowest BCUT2D eigenvalue weighted by atomic mass is 9.80. The number of oxazole rings is 1. The van der Waals surface area contributed by atoms with Gasteiger partial charge < -0.3 is 4.42 Å². The van der Waals surface area contributed by atoms with Crippen LogP contribution in [0.25, 0.3) is 22.6 Å². The van der Waals surface area contributed by atoms with Gasteiger partial charge in [0.25, 0.3) is 0 Å². The van der Waals surface area contributed by atoms with Gasteiger partial charge in [0.05, 0.1) is 5.56 Å². The first kappa shape index (κ1) is 26.9. The van der Waals surface area contributed by atoms with Gasteiger partial charge in [0.1, 0.15) is 5.69 Å². The van der Waals surface area contributed by atoms with Gasteiger partial charge in [-0.05, 0) is 62.1 Å². The molecular weight excluding hydrogens is 481 g/mol. The Labute approximate surface area is 215 Å². The van der Waals surface area contributed by atoms with Crippen molar-refractivity contribution in [1.82, 2.24) is 10.0 Å². The van der Waals surface area contributed by atoms with E-state index in [0.717, 1.165) is 48.4 Å². The lowest BCUT2D eigenvalue weighted by Crippen LogP contribution is -2.29. The first-order chi connectivity index (χ1) is 17.6. The Balaban J connectivity index is 1.61. The zero-order valence-electron chi connectivity index (χ0n) is 21.4. The van der Waals surface area contributed by atoms with Gasteiger partial charge in [-0.25, -0.2) is 10.0 Å². The van der Waals surface area contributed by atoms with Gasteiger partial charge in [-0.2, -0.15) is 13.2 Å². The van der Waals surface area contributed by atoms with Crippen LogP contribution in [0.4, 0.5) is 13.2 Å². The van der Waals surface area contributed by atoms with Crippen LogP contribution in [-0.4, -0.2) is 27.7 Å². The smallest absolute Gasteiger partial charge is 0.416 e. The highest BCUT2D eigenvalue weighted by atomic mass is 19.4. The summed E-state index contributed by atoms with van der Waals surface area (Å²) in [5.74, 6) is 1.46. The van der Waals surface area contributed by atoms with Crippen LogP contribution in [0, 0.1) is 5.92 Å². The van der Waals surface area contributed by atoms with E-state index in [1.54, 1.807) is 6.92 Å². The molecule has 0 bridgehead atoms. The SMILES string of the molecule is CCN(O)C(=O)CC1CCC(c2nc(-c3ccc(C(F)(F)F)cc3)c(-c3ccc(C(C)C)cc3)o2)CC1. The molecule has 198 valence electrons. The summed E-state index contributed by atoms with van der Waals surface area (Å²) in [7, 11) is 0. The summed E-state index contributed by atoms with van der Waals surface area (Å²) in [5, 5.41) is 10.4. The van der Waals surface area contributed by atoms with Crippen molar-refractivity contribution in [2.45, 2.75) is 70.9 Å². The molecule has 1 heterocycles. The molecule has 0 saturated heterocycles. The highest BCUT2D eigenvalue weighted by Crippen LogP contribution is 2.42. The molecule has 1 amide bonds. The molecular formula is C29H33F3N2O3. The van der Waals surface area contributed by atoms with Crippen molar-refractivity contribution in [2.75, 3.05) is 6.54 Å². The summed E-state index contributed by atoms with van der Waals surface area (Å²) < 4.78 is 45.7. The number of hydrogen-bond donors (Lipinski definition) is 1. The van der Waals surface area contributed by atoms with E-state index in [1.807, 2.05) is 24.3 Å². The molecule has 1 N–H and O–H groups in total. The average Bonchev–Trinajstić information content (AvgIpc) is 3.33. The third kappa shape index (κ3) is 6.24. The number of benzene rings is 2. The van der Waals surface area contributed by atoms with E-state index >= 15 is 0 Å². The normalized spacial score (nSPS) is 18.3. The van der Waals surface area contributed by atoms with Gasteiger partial charge in [0.15, 0.2) is 11.7 Å². The minimum Gasteiger partial charge on any atom is -0.440 e. The van der Waals surface area contributed by atoms with Gasteiger partial charge in [-0.15, -0.1) is 0 Å². The second-order valence-electron chi connectivity index (χ2n) is 10.1. The van der Waals surface area contributed by atoms with Crippen LogP contribution >= 0.6 is 0 Å². The molecule has 3 aromatic rings. The minimum absolute atomic E-state index is 0.0552. The van der Waals surface area contributed by atoms with Crippen LogP contribution in [-0.2, 0) is 11.0 Å². The van der Waals surface area contributed by atoms with E-state index < -0.39 is 11.7 Å². The maximum absolute atomic E-state index is 13.1. The summed E-state index contributed by atoms with van der Waals surface area (Å²) in [5.41, 5.74) is 2.38. The molecule has 0 spiro atoms. The molecule has 0 unspecified atom stereocenters.